The van der Waals surface area contributed by atoms with Crippen LogP contribution >= 0.6 is 0 Å². The van der Waals surface area contributed by atoms with Gasteiger partial charge in [0, 0.05) is 25.3 Å². The molecule has 0 saturated heterocycles. The van der Waals surface area contributed by atoms with Gasteiger partial charge in [-0.3, -0.25) is 9.59 Å². The second-order valence-corrected chi connectivity index (χ2v) is 8.35. The number of ether oxygens (including phenoxy) is 3. The molecule has 5 atom stereocenters. The summed E-state index contributed by atoms with van der Waals surface area (Å²) in [7, 11) is 0. The third kappa shape index (κ3) is 8.17. The maximum atomic E-state index is 12.4. The molecule has 0 N–H and O–H groups in total. The van der Waals surface area contributed by atoms with E-state index >= 15 is 0 Å². The summed E-state index contributed by atoms with van der Waals surface area (Å²) in [6.45, 7) is 14.1. The van der Waals surface area contributed by atoms with Crippen LogP contribution in [0.2, 0.25) is 0 Å². The molecule has 0 unspecified atom stereocenters. The minimum atomic E-state index is -0.445. The summed E-state index contributed by atoms with van der Waals surface area (Å²) in [6.07, 6.45) is 5.46. The highest BCUT2D eigenvalue weighted by atomic mass is 16.6. The van der Waals surface area contributed by atoms with Crippen molar-refractivity contribution in [3.05, 3.63) is 34.9 Å². The number of esters is 3. The Bertz CT molecular complexity index is 726. The van der Waals surface area contributed by atoms with Gasteiger partial charge in [-0.2, -0.15) is 0 Å². The van der Waals surface area contributed by atoms with E-state index in [1.54, 1.807) is 19.9 Å². The van der Waals surface area contributed by atoms with E-state index in [2.05, 4.69) is 0 Å². The third-order valence-electron chi connectivity index (χ3n) is 5.32. The Morgan fingerprint density at radius 3 is 2.23 bits per heavy atom. The number of allylic oxidation sites excluding steroid dienone is 2. The quantitative estimate of drug-likeness (QED) is 0.245. The molecule has 0 radical (unpaired) electrons. The van der Waals surface area contributed by atoms with Crippen molar-refractivity contribution in [2.45, 2.75) is 86.5 Å². The van der Waals surface area contributed by atoms with Gasteiger partial charge in [0.05, 0.1) is 0 Å². The van der Waals surface area contributed by atoms with Gasteiger partial charge in [0.25, 0.3) is 0 Å². The van der Waals surface area contributed by atoms with Crippen LogP contribution in [0, 0.1) is 11.8 Å². The molecule has 30 heavy (non-hydrogen) atoms. The molecule has 0 aromatic carbocycles. The van der Waals surface area contributed by atoms with Crippen LogP contribution < -0.4 is 0 Å². The van der Waals surface area contributed by atoms with Gasteiger partial charge >= 0.3 is 17.9 Å². The molecule has 1 aliphatic carbocycles. The van der Waals surface area contributed by atoms with E-state index in [-0.39, 0.29) is 42.0 Å². The Labute approximate surface area is 180 Å². The van der Waals surface area contributed by atoms with Crippen LogP contribution in [-0.2, 0) is 28.6 Å². The first kappa shape index (κ1) is 25.7. The molecular formula is C24H36O6. The normalized spacial score (nSPS) is 23.5. The van der Waals surface area contributed by atoms with E-state index in [0.29, 0.717) is 18.4 Å². The van der Waals surface area contributed by atoms with Gasteiger partial charge in [0.2, 0.25) is 0 Å². The lowest BCUT2D eigenvalue weighted by molar-refractivity contribution is -0.152. The Kier molecular flexibility index (Phi) is 10.0. The van der Waals surface area contributed by atoms with E-state index in [4.69, 9.17) is 14.2 Å². The van der Waals surface area contributed by atoms with Crippen LogP contribution in [0.1, 0.15) is 68.2 Å². The Morgan fingerprint density at radius 1 is 1.10 bits per heavy atom. The summed E-state index contributed by atoms with van der Waals surface area (Å²) in [5, 5.41) is 0. The lowest BCUT2D eigenvalue weighted by atomic mass is 9.76. The molecule has 1 rings (SSSR count). The Morgan fingerprint density at radius 2 is 1.73 bits per heavy atom. The lowest BCUT2D eigenvalue weighted by Crippen LogP contribution is -2.39. The smallest absolute Gasteiger partial charge is 0.333 e. The van der Waals surface area contributed by atoms with Crippen LogP contribution in [0.15, 0.2) is 34.9 Å². The second-order valence-electron chi connectivity index (χ2n) is 8.35. The van der Waals surface area contributed by atoms with Crippen LogP contribution in [-0.4, -0.2) is 36.2 Å². The van der Waals surface area contributed by atoms with Crippen LogP contribution in [0.5, 0.6) is 0 Å². The van der Waals surface area contributed by atoms with Crippen molar-refractivity contribution in [2.24, 2.45) is 11.8 Å². The third-order valence-corrected chi connectivity index (χ3v) is 5.32. The predicted octanol–water partition coefficient (Wildman–Crippen LogP) is 4.69. The highest BCUT2D eigenvalue weighted by Gasteiger charge is 2.37. The summed E-state index contributed by atoms with van der Waals surface area (Å²) in [6, 6.07) is 0. The van der Waals surface area contributed by atoms with E-state index in [9.17, 15) is 14.4 Å². The van der Waals surface area contributed by atoms with E-state index in [1.807, 2.05) is 39.8 Å². The van der Waals surface area contributed by atoms with Gasteiger partial charge in [-0.05, 0) is 71.1 Å². The molecule has 0 amide bonds. The van der Waals surface area contributed by atoms with Gasteiger partial charge in [-0.25, -0.2) is 4.79 Å². The largest absolute Gasteiger partial charge is 0.458 e. The van der Waals surface area contributed by atoms with Crippen molar-refractivity contribution < 1.29 is 28.6 Å². The monoisotopic (exact) mass is 420 g/mol. The number of carbonyl (C=O) groups is 3. The topological polar surface area (TPSA) is 78.9 Å². The summed E-state index contributed by atoms with van der Waals surface area (Å²) >= 11 is 0. The summed E-state index contributed by atoms with van der Waals surface area (Å²) in [4.78, 5) is 35.5. The molecule has 0 heterocycles. The zero-order valence-corrected chi connectivity index (χ0v) is 19.5. The van der Waals surface area contributed by atoms with Gasteiger partial charge in [-0.15, -0.1) is 0 Å². The highest BCUT2D eigenvalue weighted by Crippen LogP contribution is 2.36. The van der Waals surface area contributed by atoms with Crippen LogP contribution in [0.4, 0.5) is 0 Å². The van der Waals surface area contributed by atoms with Crippen molar-refractivity contribution in [3.63, 3.8) is 0 Å². The zero-order chi connectivity index (χ0) is 23.0. The molecule has 0 fully saturated rings. The van der Waals surface area contributed by atoms with Crippen LogP contribution in [0.25, 0.3) is 0 Å². The van der Waals surface area contributed by atoms with Crippen molar-refractivity contribution in [1.29, 1.82) is 0 Å². The number of hydrogen-bond acceptors (Lipinski definition) is 6. The molecule has 0 spiro atoms. The fourth-order valence-electron chi connectivity index (χ4n) is 3.69. The molecule has 0 aromatic heterocycles. The fraction of sp³-hybridized carbons (Fsp3) is 0.625. The standard InChI is InChI=1S/C24H36O6/c1-9-15(4)24(27)30-23-12-17(6)22(29-19(8)26)13-21(23)16(5)11-20(10-14(2)3)28-18(7)25/h9-10,12,16,20-23H,11,13H2,1-8H3/b15-9-/t16-,20+,21+,22-,23-/m1/s1. The molecule has 0 aromatic rings. The molecule has 0 aliphatic heterocycles. The van der Waals surface area contributed by atoms with Crippen molar-refractivity contribution in [3.8, 4) is 0 Å². The first-order chi connectivity index (χ1) is 13.9. The fourth-order valence-corrected chi connectivity index (χ4v) is 3.69. The average Bonchev–Trinajstić information content (AvgIpc) is 2.61. The van der Waals surface area contributed by atoms with Crippen LogP contribution in [0.3, 0.4) is 0 Å². The Balaban J connectivity index is 3.15. The molecule has 6 heteroatoms. The number of hydrogen-bond donors (Lipinski definition) is 0. The van der Waals surface area contributed by atoms with Crippen molar-refractivity contribution in [2.75, 3.05) is 0 Å². The molecule has 168 valence electrons. The number of carbonyl (C=O) groups excluding carboxylic acids is 3. The maximum Gasteiger partial charge on any atom is 0.333 e. The van der Waals surface area contributed by atoms with E-state index in [0.717, 1.165) is 11.1 Å². The van der Waals surface area contributed by atoms with E-state index in [1.165, 1.54) is 13.8 Å². The van der Waals surface area contributed by atoms with Gasteiger partial charge in [0.1, 0.15) is 18.3 Å². The molecular weight excluding hydrogens is 384 g/mol. The molecule has 0 saturated carbocycles. The summed E-state index contributed by atoms with van der Waals surface area (Å²) in [5.74, 6) is -1.10. The minimum absolute atomic E-state index is 0.0380. The van der Waals surface area contributed by atoms with Gasteiger partial charge < -0.3 is 14.2 Å². The zero-order valence-electron chi connectivity index (χ0n) is 19.5. The highest BCUT2D eigenvalue weighted by molar-refractivity contribution is 5.87. The number of rotatable bonds is 8. The minimum Gasteiger partial charge on any atom is -0.458 e. The predicted molar refractivity (Wildman–Crippen MR) is 115 cm³/mol. The second kappa shape index (κ2) is 11.7. The summed E-state index contributed by atoms with van der Waals surface area (Å²) in [5.41, 5.74) is 2.46. The van der Waals surface area contributed by atoms with Crippen molar-refractivity contribution >= 4 is 17.9 Å². The first-order valence-electron chi connectivity index (χ1n) is 10.5. The molecule has 6 nitrogen and oxygen atoms in total. The molecule has 0 bridgehead atoms. The van der Waals surface area contributed by atoms with Gasteiger partial charge in [-0.1, -0.05) is 18.6 Å². The van der Waals surface area contributed by atoms with Crippen molar-refractivity contribution in [1.82, 2.24) is 0 Å². The summed E-state index contributed by atoms with van der Waals surface area (Å²) < 4.78 is 16.8. The average molecular weight is 421 g/mol. The first-order valence-corrected chi connectivity index (χ1v) is 10.5. The lowest BCUT2D eigenvalue weighted by Gasteiger charge is -2.37. The SMILES string of the molecule is C/C=C(/C)C(=O)O[C@@H]1C=C(C)[C@H](OC(C)=O)C[C@H]1[C@H](C)C[C@H](C=C(C)C)OC(C)=O. The maximum absolute atomic E-state index is 12.4. The van der Waals surface area contributed by atoms with Gasteiger partial charge in [0.15, 0.2) is 0 Å². The molecule has 1 aliphatic rings. The Hall–Kier alpha value is -2.37. The van der Waals surface area contributed by atoms with E-state index < -0.39 is 6.10 Å².